The van der Waals surface area contributed by atoms with E-state index in [4.69, 9.17) is 4.74 Å². The molecule has 186 valence electrons. The first-order chi connectivity index (χ1) is 16.8. The Bertz CT molecular complexity index is 1100. The highest BCUT2D eigenvalue weighted by Crippen LogP contribution is 2.29. The van der Waals surface area contributed by atoms with Crippen molar-refractivity contribution in [2.24, 2.45) is 0 Å². The van der Waals surface area contributed by atoms with Gasteiger partial charge in [-0.3, -0.25) is 9.69 Å². The third kappa shape index (κ3) is 5.36. The Kier molecular flexibility index (Phi) is 6.55. The highest BCUT2D eigenvalue weighted by atomic mass is 16.5. The van der Waals surface area contributed by atoms with Crippen LogP contribution in [0.5, 0.6) is 0 Å². The Morgan fingerprint density at radius 3 is 2.37 bits per heavy atom. The molecule has 1 fully saturated rings. The molecule has 1 N–H and O–H groups in total. The van der Waals surface area contributed by atoms with Gasteiger partial charge in [-0.1, -0.05) is 30.3 Å². The molecule has 0 saturated carbocycles. The lowest BCUT2D eigenvalue weighted by molar-refractivity contribution is 0.0193. The van der Waals surface area contributed by atoms with Crippen molar-refractivity contribution < 1.29 is 14.3 Å². The molecule has 2 aromatic carbocycles. The van der Waals surface area contributed by atoms with Crippen LogP contribution in [0.4, 0.5) is 4.79 Å². The number of morpholine rings is 1. The average molecular weight is 477 g/mol. The lowest BCUT2D eigenvalue weighted by atomic mass is 9.92. The smallest absolute Gasteiger partial charge is 0.318 e. The van der Waals surface area contributed by atoms with E-state index in [0.717, 1.165) is 50.4 Å². The minimum Gasteiger partial charge on any atom is -0.379 e. The minimum absolute atomic E-state index is 0.0677. The van der Waals surface area contributed by atoms with Gasteiger partial charge >= 0.3 is 6.03 Å². The van der Waals surface area contributed by atoms with Gasteiger partial charge < -0.3 is 19.9 Å². The summed E-state index contributed by atoms with van der Waals surface area (Å²) >= 11 is 0. The SMILES string of the molecule is CC(C)(C)NC(=O)N1Cc2ccc(C(=O)N3Cc4ccccc4C[C@H]3CN3CCOCC3)cc2C1. The number of carbonyl (C=O) groups excluding carboxylic acids is 2. The number of hydrogen-bond acceptors (Lipinski definition) is 4. The van der Waals surface area contributed by atoms with Gasteiger partial charge in [0, 0.05) is 56.4 Å². The zero-order chi connectivity index (χ0) is 24.6. The average Bonchev–Trinajstić information content (AvgIpc) is 3.27. The summed E-state index contributed by atoms with van der Waals surface area (Å²) in [6.07, 6.45) is 0.866. The van der Waals surface area contributed by atoms with Crippen LogP contribution in [-0.4, -0.2) is 71.1 Å². The van der Waals surface area contributed by atoms with Crippen LogP contribution in [0.25, 0.3) is 0 Å². The van der Waals surface area contributed by atoms with Crippen LogP contribution in [0, 0.1) is 0 Å². The number of nitrogens with one attached hydrogen (secondary N) is 1. The highest BCUT2D eigenvalue weighted by molar-refractivity contribution is 5.95. The molecular weight excluding hydrogens is 440 g/mol. The van der Waals surface area contributed by atoms with Gasteiger partial charge in [-0.2, -0.15) is 0 Å². The first-order valence-electron chi connectivity index (χ1n) is 12.6. The minimum atomic E-state index is -0.285. The van der Waals surface area contributed by atoms with Gasteiger partial charge in [0.15, 0.2) is 0 Å². The van der Waals surface area contributed by atoms with E-state index < -0.39 is 0 Å². The summed E-state index contributed by atoms with van der Waals surface area (Å²) in [4.78, 5) is 32.8. The predicted octanol–water partition coefficient (Wildman–Crippen LogP) is 3.41. The summed E-state index contributed by atoms with van der Waals surface area (Å²) in [5, 5.41) is 3.04. The van der Waals surface area contributed by atoms with Gasteiger partial charge in [-0.15, -0.1) is 0 Å². The van der Waals surface area contributed by atoms with Crippen LogP contribution in [-0.2, 0) is 30.8 Å². The Morgan fingerprint density at radius 2 is 1.63 bits per heavy atom. The van der Waals surface area contributed by atoms with E-state index >= 15 is 0 Å². The number of carbonyl (C=O) groups is 2. The van der Waals surface area contributed by atoms with Crippen molar-refractivity contribution in [3.8, 4) is 0 Å². The molecular formula is C28H36N4O3. The number of benzene rings is 2. The molecule has 0 unspecified atom stereocenters. The molecule has 0 spiro atoms. The van der Waals surface area contributed by atoms with Gasteiger partial charge in [0.1, 0.15) is 0 Å². The van der Waals surface area contributed by atoms with E-state index in [1.807, 2.05) is 43.9 Å². The van der Waals surface area contributed by atoms with Crippen LogP contribution < -0.4 is 5.32 Å². The molecule has 1 atom stereocenters. The van der Waals surface area contributed by atoms with Crippen molar-refractivity contribution >= 4 is 11.9 Å². The molecule has 1 saturated heterocycles. The maximum absolute atomic E-state index is 13.9. The lowest BCUT2D eigenvalue weighted by Gasteiger charge is -2.40. The second-order valence-electron chi connectivity index (χ2n) is 11.0. The topological polar surface area (TPSA) is 65.1 Å². The zero-order valence-corrected chi connectivity index (χ0v) is 21.0. The quantitative estimate of drug-likeness (QED) is 0.738. The fourth-order valence-electron chi connectivity index (χ4n) is 5.31. The number of amides is 3. The number of hydrogen-bond donors (Lipinski definition) is 1. The molecule has 0 aliphatic carbocycles. The van der Waals surface area contributed by atoms with Crippen molar-refractivity contribution in [3.05, 3.63) is 70.3 Å². The highest BCUT2D eigenvalue weighted by Gasteiger charge is 2.33. The van der Waals surface area contributed by atoms with Gasteiger partial charge in [0.2, 0.25) is 0 Å². The molecule has 0 aromatic heterocycles. The van der Waals surface area contributed by atoms with Crippen molar-refractivity contribution in [1.82, 2.24) is 20.0 Å². The summed E-state index contributed by atoms with van der Waals surface area (Å²) in [6, 6.07) is 14.5. The summed E-state index contributed by atoms with van der Waals surface area (Å²) in [7, 11) is 0. The lowest BCUT2D eigenvalue weighted by Crippen LogP contribution is -2.52. The van der Waals surface area contributed by atoms with E-state index in [-0.39, 0.29) is 23.5 Å². The monoisotopic (exact) mass is 476 g/mol. The van der Waals surface area contributed by atoms with E-state index in [0.29, 0.717) is 25.2 Å². The third-order valence-electron chi connectivity index (χ3n) is 7.13. The molecule has 3 aliphatic heterocycles. The molecule has 5 rings (SSSR count). The summed E-state index contributed by atoms with van der Waals surface area (Å²) in [6.45, 7) is 11.8. The molecule has 7 nitrogen and oxygen atoms in total. The number of urea groups is 1. The van der Waals surface area contributed by atoms with Gasteiger partial charge in [-0.05, 0) is 61.6 Å². The third-order valence-corrected chi connectivity index (χ3v) is 7.13. The summed E-state index contributed by atoms with van der Waals surface area (Å²) in [5.41, 5.74) is 5.15. The molecule has 3 aliphatic rings. The summed E-state index contributed by atoms with van der Waals surface area (Å²) in [5.74, 6) is 0.0677. The normalized spacial score (nSPS) is 20.4. The fraction of sp³-hybridized carbons (Fsp3) is 0.500. The van der Waals surface area contributed by atoms with E-state index in [2.05, 4.69) is 39.4 Å². The van der Waals surface area contributed by atoms with Crippen LogP contribution in [0.2, 0.25) is 0 Å². The maximum atomic E-state index is 13.9. The molecule has 2 aromatic rings. The standard InChI is InChI=1S/C28H36N4O3/c1-28(2,3)29-27(34)31-16-23-9-8-21(14-24(23)17-31)26(33)32-18-22-7-5-4-6-20(22)15-25(32)19-30-10-12-35-13-11-30/h4-9,14,25H,10-13,15-19H2,1-3H3,(H,29,34)/t25-/m0/s1. The molecule has 0 bridgehead atoms. The van der Waals surface area contributed by atoms with Crippen LogP contribution in [0.1, 0.15) is 53.4 Å². The Hall–Kier alpha value is -2.90. The molecule has 3 heterocycles. The molecule has 35 heavy (non-hydrogen) atoms. The number of fused-ring (bicyclic) bond motifs is 2. The second kappa shape index (κ2) is 9.63. The largest absolute Gasteiger partial charge is 0.379 e. The van der Waals surface area contributed by atoms with Crippen molar-refractivity contribution in [2.45, 2.75) is 58.4 Å². The van der Waals surface area contributed by atoms with Crippen LogP contribution in [0.3, 0.4) is 0 Å². The fourth-order valence-corrected chi connectivity index (χ4v) is 5.31. The molecule has 7 heteroatoms. The molecule has 3 amide bonds. The van der Waals surface area contributed by atoms with Crippen molar-refractivity contribution in [1.29, 1.82) is 0 Å². The predicted molar refractivity (Wildman–Crippen MR) is 135 cm³/mol. The van der Waals surface area contributed by atoms with Gasteiger partial charge in [0.05, 0.1) is 13.2 Å². The Balaban J connectivity index is 1.35. The van der Waals surface area contributed by atoms with E-state index in [9.17, 15) is 9.59 Å². The van der Waals surface area contributed by atoms with E-state index in [1.165, 1.54) is 11.1 Å². The number of ether oxygens (including phenoxy) is 1. The zero-order valence-electron chi connectivity index (χ0n) is 21.0. The number of rotatable bonds is 3. The van der Waals surface area contributed by atoms with Crippen LogP contribution in [0.15, 0.2) is 42.5 Å². The van der Waals surface area contributed by atoms with Crippen molar-refractivity contribution in [3.63, 3.8) is 0 Å². The van der Waals surface area contributed by atoms with E-state index in [1.54, 1.807) is 0 Å². The van der Waals surface area contributed by atoms with Gasteiger partial charge in [0.25, 0.3) is 5.91 Å². The van der Waals surface area contributed by atoms with Crippen molar-refractivity contribution in [2.75, 3.05) is 32.8 Å². The van der Waals surface area contributed by atoms with Crippen LogP contribution >= 0.6 is 0 Å². The Morgan fingerprint density at radius 1 is 0.943 bits per heavy atom. The summed E-state index contributed by atoms with van der Waals surface area (Å²) < 4.78 is 5.53. The Labute approximate surface area is 208 Å². The second-order valence-corrected chi connectivity index (χ2v) is 11.0. The first-order valence-corrected chi connectivity index (χ1v) is 12.6. The van der Waals surface area contributed by atoms with Gasteiger partial charge in [-0.25, -0.2) is 4.79 Å². The maximum Gasteiger partial charge on any atom is 0.318 e. The first kappa shape index (κ1) is 23.8. The number of nitrogens with zero attached hydrogens (tertiary/aromatic N) is 3. The molecule has 0 radical (unpaired) electrons.